The molecule has 1 aromatic heterocycles. The summed E-state index contributed by atoms with van der Waals surface area (Å²) in [5.74, 6) is 1.11. The van der Waals surface area contributed by atoms with Crippen LogP contribution >= 0.6 is 0 Å². The summed E-state index contributed by atoms with van der Waals surface area (Å²) in [7, 11) is 0. The zero-order valence-corrected chi connectivity index (χ0v) is 11.7. The van der Waals surface area contributed by atoms with Crippen LogP contribution in [0.25, 0.3) is 0 Å². The number of benzene rings is 1. The molecule has 0 aliphatic carbocycles. The second-order valence-corrected chi connectivity index (χ2v) is 4.90. The van der Waals surface area contributed by atoms with Crippen molar-refractivity contribution in [3.05, 3.63) is 43.0 Å². The minimum absolute atomic E-state index is 0.169. The monoisotopic (exact) mass is 287 g/mol. The molecule has 0 saturated heterocycles. The minimum Gasteiger partial charge on any atom is -0.482 e. The van der Waals surface area contributed by atoms with Gasteiger partial charge in [0.2, 0.25) is 6.10 Å². The second-order valence-electron chi connectivity index (χ2n) is 4.90. The number of fused-ring (bicyclic) bond motifs is 1. The van der Waals surface area contributed by atoms with E-state index < -0.39 is 6.10 Å². The molecule has 1 aliphatic heterocycles. The first kappa shape index (κ1) is 13.5. The van der Waals surface area contributed by atoms with Gasteiger partial charge in [0.25, 0.3) is 5.91 Å². The average Bonchev–Trinajstić information content (AvgIpc) is 2.99. The number of aromatic nitrogens is 2. The van der Waals surface area contributed by atoms with Crippen LogP contribution in [-0.4, -0.2) is 34.2 Å². The van der Waals surface area contributed by atoms with E-state index in [1.165, 1.54) is 0 Å². The number of carbonyl (C=O) groups excluding carboxylic acids is 1. The first-order valence-electron chi connectivity index (χ1n) is 6.90. The van der Waals surface area contributed by atoms with Gasteiger partial charge in [-0.15, -0.1) is 0 Å². The quantitative estimate of drug-likeness (QED) is 0.918. The summed E-state index contributed by atoms with van der Waals surface area (Å²) in [6.45, 7) is 3.02. The van der Waals surface area contributed by atoms with Crippen molar-refractivity contribution in [2.45, 2.75) is 25.7 Å². The first-order chi connectivity index (χ1) is 10.2. The minimum atomic E-state index is -0.636. The Kier molecular flexibility index (Phi) is 3.77. The smallest absolute Gasteiger partial charge is 0.265 e. The number of hydrogen-bond donors (Lipinski definition) is 1. The lowest BCUT2D eigenvalue weighted by Gasteiger charge is -2.31. The van der Waals surface area contributed by atoms with Crippen LogP contribution in [0, 0.1) is 0 Å². The van der Waals surface area contributed by atoms with Crippen molar-refractivity contribution in [2.75, 3.05) is 6.54 Å². The van der Waals surface area contributed by atoms with E-state index in [0.29, 0.717) is 24.6 Å². The molecule has 6 nitrogen and oxygen atoms in total. The number of ether oxygens (including phenoxy) is 2. The van der Waals surface area contributed by atoms with Crippen LogP contribution in [0.4, 0.5) is 0 Å². The molecule has 21 heavy (non-hydrogen) atoms. The molecule has 0 fully saturated rings. The number of imidazole rings is 1. The van der Waals surface area contributed by atoms with Crippen LogP contribution in [0.1, 0.15) is 6.92 Å². The van der Waals surface area contributed by atoms with Gasteiger partial charge < -0.3 is 19.4 Å². The lowest BCUT2D eigenvalue weighted by atomic mass is 10.1. The zero-order chi connectivity index (χ0) is 14.7. The van der Waals surface area contributed by atoms with E-state index in [9.17, 15) is 4.79 Å². The van der Waals surface area contributed by atoms with Gasteiger partial charge in [-0.2, -0.15) is 0 Å². The van der Waals surface area contributed by atoms with Crippen molar-refractivity contribution in [1.82, 2.24) is 14.9 Å². The second kappa shape index (κ2) is 5.87. The number of hydrogen-bond acceptors (Lipinski definition) is 4. The molecule has 1 aromatic carbocycles. The van der Waals surface area contributed by atoms with Gasteiger partial charge in [-0.25, -0.2) is 4.98 Å². The highest BCUT2D eigenvalue weighted by molar-refractivity contribution is 5.82. The van der Waals surface area contributed by atoms with Crippen LogP contribution in [0.5, 0.6) is 11.5 Å². The number of carbonyl (C=O) groups is 1. The van der Waals surface area contributed by atoms with Gasteiger partial charge in [0.1, 0.15) is 6.10 Å². The molecule has 3 rings (SSSR count). The van der Waals surface area contributed by atoms with Crippen LogP contribution in [-0.2, 0) is 11.3 Å². The molecule has 110 valence electrons. The number of nitrogens with one attached hydrogen (secondary N) is 1. The molecule has 2 aromatic rings. The third kappa shape index (κ3) is 2.99. The van der Waals surface area contributed by atoms with Crippen molar-refractivity contribution in [1.29, 1.82) is 0 Å². The molecule has 2 heterocycles. The molecule has 6 heteroatoms. The largest absolute Gasteiger partial charge is 0.482 e. The first-order valence-corrected chi connectivity index (χ1v) is 6.90. The molecule has 0 radical (unpaired) electrons. The van der Waals surface area contributed by atoms with Gasteiger partial charge in [-0.05, 0) is 19.1 Å². The molecular weight excluding hydrogens is 270 g/mol. The maximum absolute atomic E-state index is 12.2. The highest BCUT2D eigenvalue weighted by Gasteiger charge is 2.33. The fourth-order valence-electron chi connectivity index (χ4n) is 2.23. The summed E-state index contributed by atoms with van der Waals surface area (Å²) in [5, 5.41) is 2.86. The van der Waals surface area contributed by atoms with E-state index in [1.54, 1.807) is 18.6 Å². The van der Waals surface area contributed by atoms with Crippen molar-refractivity contribution in [3.63, 3.8) is 0 Å². The SMILES string of the molecule is C[C@H]1Oc2ccccc2O[C@@H]1C(=O)NCCn1ccnc1. The highest BCUT2D eigenvalue weighted by atomic mass is 16.6. The van der Waals surface area contributed by atoms with E-state index in [1.807, 2.05) is 35.9 Å². The molecule has 1 amide bonds. The van der Waals surface area contributed by atoms with Crippen molar-refractivity contribution in [2.24, 2.45) is 0 Å². The summed E-state index contributed by atoms with van der Waals surface area (Å²) in [6.07, 6.45) is 4.31. The maximum Gasteiger partial charge on any atom is 0.265 e. The Hall–Kier alpha value is -2.50. The lowest BCUT2D eigenvalue weighted by Crippen LogP contribution is -2.49. The summed E-state index contributed by atoms with van der Waals surface area (Å²) in [5.41, 5.74) is 0. The zero-order valence-electron chi connectivity index (χ0n) is 11.7. The standard InChI is InChI=1S/C15H17N3O3/c1-11-14(21-13-5-3-2-4-12(13)20-11)15(19)17-7-9-18-8-6-16-10-18/h2-6,8,10-11,14H,7,9H2,1H3,(H,17,19)/t11-,14+/m1/s1. The van der Waals surface area contributed by atoms with Gasteiger partial charge in [0.15, 0.2) is 11.5 Å². The molecule has 2 atom stereocenters. The van der Waals surface area contributed by atoms with E-state index in [4.69, 9.17) is 9.47 Å². The Labute approximate surface area is 122 Å². The number of nitrogens with zero attached hydrogens (tertiary/aromatic N) is 2. The normalized spacial score (nSPS) is 20.0. The van der Waals surface area contributed by atoms with E-state index in [-0.39, 0.29) is 12.0 Å². The third-order valence-corrected chi connectivity index (χ3v) is 3.33. The summed E-state index contributed by atoms with van der Waals surface area (Å²) in [6, 6.07) is 7.36. The number of rotatable bonds is 4. The van der Waals surface area contributed by atoms with Gasteiger partial charge in [-0.1, -0.05) is 12.1 Å². The van der Waals surface area contributed by atoms with Gasteiger partial charge >= 0.3 is 0 Å². The Bertz CT molecular complexity index is 612. The highest BCUT2D eigenvalue weighted by Crippen LogP contribution is 2.33. The van der Waals surface area contributed by atoms with Crippen LogP contribution < -0.4 is 14.8 Å². The average molecular weight is 287 g/mol. The molecule has 0 unspecified atom stereocenters. The van der Waals surface area contributed by atoms with Crippen LogP contribution in [0.2, 0.25) is 0 Å². The Morgan fingerprint density at radius 2 is 2.10 bits per heavy atom. The van der Waals surface area contributed by atoms with E-state index in [2.05, 4.69) is 10.3 Å². The molecule has 0 spiro atoms. The topological polar surface area (TPSA) is 65.4 Å². The lowest BCUT2D eigenvalue weighted by molar-refractivity contribution is -0.133. The number of amides is 1. The number of para-hydroxylation sites is 2. The Balaban J connectivity index is 1.57. The van der Waals surface area contributed by atoms with E-state index in [0.717, 1.165) is 0 Å². The maximum atomic E-state index is 12.2. The van der Waals surface area contributed by atoms with Gasteiger partial charge in [0.05, 0.1) is 6.33 Å². The Morgan fingerprint density at radius 3 is 2.81 bits per heavy atom. The predicted octanol–water partition coefficient (Wildman–Crippen LogP) is 1.23. The predicted molar refractivity (Wildman–Crippen MR) is 76.2 cm³/mol. The fraction of sp³-hybridized carbons (Fsp3) is 0.333. The van der Waals surface area contributed by atoms with E-state index >= 15 is 0 Å². The van der Waals surface area contributed by atoms with Crippen LogP contribution in [0.3, 0.4) is 0 Å². The third-order valence-electron chi connectivity index (χ3n) is 3.33. The molecular formula is C15H17N3O3. The molecule has 0 saturated carbocycles. The molecule has 1 aliphatic rings. The summed E-state index contributed by atoms with van der Waals surface area (Å²) in [4.78, 5) is 16.2. The van der Waals surface area contributed by atoms with Crippen molar-refractivity contribution in [3.8, 4) is 11.5 Å². The Morgan fingerprint density at radius 1 is 1.33 bits per heavy atom. The van der Waals surface area contributed by atoms with Gasteiger partial charge in [-0.3, -0.25) is 4.79 Å². The molecule has 0 bridgehead atoms. The molecule has 1 N–H and O–H groups in total. The van der Waals surface area contributed by atoms with Gasteiger partial charge in [0, 0.05) is 25.5 Å². The van der Waals surface area contributed by atoms with Crippen molar-refractivity contribution < 1.29 is 14.3 Å². The fourth-order valence-corrected chi connectivity index (χ4v) is 2.23. The van der Waals surface area contributed by atoms with Crippen LogP contribution in [0.15, 0.2) is 43.0 Å². The summed E-state index contributed by atoms with van der Waals surface area (Å²) >= 11 is 0. The van der Waals surface area contributed by atoms with Crippen molar-refractivity contribution >= 4 is 5.91 Å². The summed E-state index contributed by atoms with van der Waals surface area (Å²) < 4.78 is 13.4.